The van der Waals surface area contributed by atoms with Crippen molar-refractivity contribution in [1.29, 1.82) is 4.78 Å². The average Bonchev–Trinajstić information content (AvgIpc) is 2.67. The first-order valence-corrected chi connectivity index (χ1v) is 9.83. The molecule has 0 aliphatic carbocycles. The van der Waals surface area contributed by atoms with Crippen molar-refractivity contribution in [3.05, 3.63) is 48.8 Å². The molecule has 0 aliphatic rings. The van der Waals surface area contributed by atoms with E-state index >= 15 is 0 Å². The number of anilines is 2. The Morgan fingerprint density at radius 2 is 1.89 bits per heavy atom. The molecular formula is C18H21N5O3S. The Kier molecular flexibility index (Phi) is 5.54. The van der Waals surface area contributed by atoms with E-state index in [1.165, 1.54) is 0 Å². The minimum atomic E-state index is -3.16. The van der Waals surface area contributed by atoms with Crippen molar-refractivity contribution >= 4 is 32.2 Å². The summed E-state index contributed by atoms with van der Waals surface area (Å²) in [6.45, 7) is 1.65. The van der Waals surface area contributed by atoms with Crippen molar-refractivity contribution in [3.8, 4) is 5.88 Å². The Morgan fingerprint density at radius 3 is 2.56 bits per heavy atom. The van der Waals surface area contributed by atoms with E-state index in [4.69, 9.17) is 9.52 Å². The van der Waals surface area contributed by atoms with Gasteiger partial charge in [0.2, 0.25) is 5.88 Å². The third-order valence-electron chi connectivity index (χ3n) is 3.87. The number of rotatable bonds is 7. The van der Waals surface area contributed by atoms with Crippen LogP contribution in [0.4, 0.5) is 11.4 Å². The molecule has 0 saturated heterocycles. The molecule has 0 aliphatic heterocycles. The molecule has 2 aromatic heterocycles. The quantitative estimate of drug-likeness (QED) is 0.495. The summed E-state index contributed by atoms with van der Waals surface area (Å²) in [6, 6.07) is 10.4. The highest BCUT2D eigenvalue weighted by Crippen LogP contribution is 2.29. The summed E-state index contributed by atoms with van der Waals surface area (Å²) in [6.07, 6.45) is 2.64. The van der Waals surface area contributed by atoms with Crippen LogP contribution in [0.1, 0.15) is 6.92 Å². The lowest BCUT2D eigenvalue weighted by molar-refractivity contribution is 0.199. The molecule has 0 bridgehead atoms. The van der Waals surface area contributed by atoms with Crippen LogP contribution < -0.4 is 14.8 Å². The second-order valence-corrected chi connectivity index (χ2v) is 7.85. The van der Waals surface area contributed by atoms with Crippen molar-refractivity contribution in [2.75, 3.05) is 19.0 Å². The minimum Gasteiger partial charge on any atom is -0.479 e. The number of aliphatic hydroxyl groups is 1. The maximum Gasteiger partial charge on any atom is 0.240 e. The van der Waals surface area contributed by atoms with Crippen molar-refractivity contribution in [2.24, 2.45) is 0 Å². The molecule has 0 spiro atoms. The van der Waals surface area contributed by atoms with Crippen LogP contribution in [0.2, 0.25) is 0 Å². The van der Waals surface area contributed by atoms with Crippen LogP contribution in [-0.2, 0) is 9.92 Å². The standard InChI is InChI=1S/C18H21N5O3S/c1-12(24)11-22-27(19,25)14-5-3-13(4-6-14)23-16-8-10-20-17-15(16)7-9-21-18(17)26-2/h3-10,12,24H,11H2,1-2H3,(H,20,23)(H2,19,22,25). The number of nitrogens with one attached hydrogen (secondary N) is 3. The molecule has 0 saturated carbocycles. The number of nitrogens with zero attached hydrogens (tertiary/aromatic N) is 2. The van der Waals surface area contributed by atoms with Crippen LogP contribution in [0, 0.1) is 4.78 Å². The third-order valence-corrected chi connectivity index (χ3v) is 5.38. The summed E-state index contributed by atoms with van der Waals surface area (Å²) in [5, 5.41) is 13.4. The van der Waals surface area contributed by atoms with Gasteiger partial charge in [-0.05, 0) is 43.3 Å². The Morgan fingerprint density at radius 1 is 1.19 bits per heavy atom. The molecule has 9 heteroatoms. The van der Waals surface area contributed by atoms with Gasteiger partial charge in [0, 0.05) is 35.7 Å². The molecule has 1 aromatic carbocycles. The molecule has 2 unspecified atom stereocenters. The van der Waals surface area contributed by atoms with E-state index < -0.39 is 16.0 Å². The molecule has 2 heterocycles. The number of fused-ring (bicyclic) bond motifs is 1. The summed E-state index contributed by atoms with van der Waals surface area (Å²) in [4.78, 5) is 8.81. The van der Waals surface area contributed by atoms with Gasteiger partial charge < -0.3 is 15.2 Å². The SMILES string of the molecule is COc1nccc2c(Nc3ccc(S(=N)(=O)NCC(C)O)cc3)ccnc12. The monoisotopic (exact) mass is 387 g/mol. The number of pyridine rings is 2. The van der Waals surface area contributed by atoms with Crippen LogP contribution >= 0.6 is 0 Å². The van der Waals surface area contributed by atoms with Gasteiger partial charge in [-0.25, -0.2) is 18.7 Å². The maximum absolute atomic E-state index is 12.4. The van der Waals surface area contributed by atoms with E-state index in [9.17, 15) is 9.32 Å². The highest BCUT2D eigenvalue weighted by atomic mass is 32.2. The second-order valence-electron chi connectivity index (χ2n) is 5.98. The van der Waals surface area contributed by atoms with E-state index in [1.54, 1.807) is 50.7 Å². The Bertz CT molecular complexity index is 1040. The predicted molar refractivity (Wildman–Crippen MR) is 105 cm³/mol. The summed E-state index contributed by atoms with van der Waals surface area (Å²) < 4.78 is 28.2. The summed E-state index contributed by atoms with van der Waals surface area (Å²) >= 11 is 0. The zero-order valence-electron chi connectivity index (χ0n) is 15.0. The number of ether oxygens (including phenoxy) is 1. The largest absolute Gasteiger partial charge is 0.479 e. The summed E-state index contributed by atoms with van der Waals surface area (Å²) in [7, 11) is -1.61. The smallest absolute Gasteiger partial charge is 0.240 e. The zero-order valence-corrected chi connectivity index (χ0v) is 15.8. The fourth-order valence-corrected chi connectivity index (χ4v) is 3.68. The maximum atomic E-state index is 12.4. The Balaban J connectivity index is 1.84. The number of benzene rings is 1. The van der Waals surface area contributed by atoms with Gasteiger partial charge in [0.25, 0.3) is 0 Å². The Labute approximate surface area is 157 Å². The molecule has 2 atom stereocenters. The molecule has 0 fully saturated rings. The van der Waals surface area contributed by atoms with Gasteiger partial charge >= 0.3 is 0 Å². The van der Waals surface area contributed by atoms with Crippen LogP contribution in [-0.4, -0.2) is 39.0 Å². The summed E-state index contributed by atoms with van der Waals surface area (Å²) in [5.74, 6) is 0.449. The molecular weight excluding hydrogens is 366 g/mol. The lowest BCUT2D eigenvalue weighted by Crippen LogP contribution is -2.29. The van der Waals surface area contributed by atoms with E-state index in [0.717, 1.165) is 16.8 Å². The summed E-state index contributed by atoms with van der Waals surface area (Å²) in [5.41, 5.74) is 2.25. The molecule has 142 valence electrons. The molecule has 3 rings (SSSR count). The van der Waals surface area contributed by atoms with E-state index in [0.29, 0.717) is 16.3 Å². The van der Waals surface area contributed by atoms with E-state index in [2.05, 4.69) is 20.0 Å². The predicted octanol–water partition coefficient (Wildman–Crippen LogP) is 2.67. The van der Waals surface area contributed by atoms with Crippen molar-refractivity contribution in [3.63, 3.8) is 0 Å². The first kappa shape index (κ1) is 19.0. The average molecular weight is 387 g/mol. The lowest BCUT2D eigenvalue weighted by atomic mass is 10.2. The number of methoxy groups -OCH3 is 1. The van der Waals surface area contributed by atoms with Crippen LogP contribution in [0.5, 0.6) is 5.88 Å². The van der Waals surface area contributed by atoms with E-state index in [1.807, 2.05) is 12.1 Å². The van der Waals surface area contributed by atoms with Gasteiger partial charge in [-0.1, -0.05) is 0 Å². The Hall–Kier alpha value is -2.75. The van der Waals surface area contributed by atoms with Crippen molar-refractivity contribution < 1.29 is 14.1 Å². The van der Waals surface area contributed by atoms with Gasteiger partial charge in [-0.15, -0.1) is 0 Å². The number of aromatic nitrogens is 2. The van der Waals surface area contributed by atoms with Crippen LogP contribution in [0.3, 0.4) is 0 Å². The topological polar surface area (TPSA) is 120 Å². The highest BCUT2D eigenvalue weighted by molar-refractivity contribution is 7.90. The first-order chi connectivity index (χ1) is 12.9. The minimum absolute atomic E-state index is 0.0845. The number of hydrogen-bond acceptors (Lipinski definition) is 7. The molecule has 0 amide bonds. The fourth-order valence-electron chi connectivity index (χ4n) is 2.52. The second kappa shape index (κ2) is 7.87. The lowest BCUT2D eigenvalue weighted by Gasteiger charge is -2.13. The first-order valence-electron chi connectivity index (χ1n) is 8.27. The van der Waals surface area contributed by atoms with Gasteiger partial charge in [-0.3, -0.25) is 4.98 Å². The normalized spacial score (nSPS) is 14.5. The third kappa shape index (κ3) is 4.33. The van der Waals surface area contributed by atoms with Gasteiger partial charge in [0.15, 0.2) is 0 Å². The molecule has 4 N–H and O–H groups in total. The van der Waals surface area contributed by atoms with E-state index in [-0.39, 0.29) is 6.54 Å². The van der Waals surface area contributed by atoms with Gasteiger partial charge in [-0.2, -0.15) is 0 Å². The molecule has 0 radical (unpaired) electrons. The van der Waals surface area contributed by atoms with Crippen molar-refractivity contribution in [1.82, 2.24) is 14.7 Å². The molecule has 3 aromatic rings. The zero-order chi connectivity index (χ0) is 19.4. The molecule has 8 nitrogen and oxygen atoms in total. The fraction of sp³-hybridized carbons (Fsp3) is 0.222. The number of hydrogen-bond donors (Lipinski definition) is 4. The van der Waals surface area contributed by atoms with Crippen LogP contribution in [0.25, 0.3) is 10.9 Å². The van der Waals surface area contributed by atoms with Crippen molar-refractivity contribution in [2.45, 2.75) is 17.9 Å². The highest BCUT2D eigenvalue weighted by Gasteiger charge is 2.12. The van der Waals surface area contributed by atoms with Gasteiger partial charge in [0.05, 0.1) is 18.1 Å². The molecule has 27 heavy (non-hydrogen) atoms. The number of aliphatic hydroxyl groups excluding tert-OH is 1. The van der Waals surface area contributed by atoms with Gasteiger partial charge in [0.1, 0.15) is 15.4 Å². The van der Waals surface area contributed by atoms with Crippen LogP contribution in [0.15, 0.2) is 53.7 Å².